The van der Waals surface area contributed by atoms with Gasteiger partial charge in [0.05, 0.1) is 17.7 Å². The summed E-state index contributed by atoms with van der Waals surface area (Å²) in [5, 5.41) is 3.21. The highest BCUT2D eigenvalue weighted by atomic mass is 35.5. The minimum Gasteiger partial charge on any atom is -0.495 e. The zero-order valence-corrected chi connectivity index (χ0v) is 17.6. The first-order valence-corrected chi connectivity index (χ1v) is 10.4. The van der Waals surface area contributed by atoms with E-state index in [1.807, 2.05) is 0 Å². The third-order valence-electron chi connectivity index (χ3n) is 3.63. The molecule has 0 fully saturated rings. The molecule has 2 N–H and O–H groups in total. The fourth-order valence-electron chi connectivity index (χ4n) is 2.34. The summed E-state index contributed by atoms with van der Waals surface area (Å²) in [6.45, 7) is 5.02. The second-order valence-electron chi connectivity index (χ2n) is 6.34. The average Bonchev–Trinajstić information content (AvgIpc) is 2.62. The Balaban J connectivity index is 2.20. The van der Waals surface area contributed by atoms with Crippen LogP contribution in [0.4, 0.5) is 5.69 Å². The van der Waals surface area contributed by atoms with Gasteiger partial charge in [-0.1, -0.05) is 11.6 Å². The Bertz CT molecular complexity index is 930. The van der Waals surface area contributed by atoms with Gasteiger partial charge >= 0.3 is 0 Å². The minimum absolute atomic E-state index is 0.0172. The van der Waals surface area contributed by atoms with E-state index in [-0.39, 0.29) is 16.6 Å². The summed E-state index contributed by atoms with van der Waals surface area (Å²) < 4.78 is 38.1. The van der Waals surface area contributed by atoms with E-state index in [9.17, 15) is 13.2 Å². The Morgan fingerprint density at radius 2 is 1.71 bits per heavy atom. The van der Waals surface area contributed by atoms with Crippen LogP contribution in [0.15, 0.2) is 47.4 Å². The van der Waals surface area contributed by atoms with Crippen LogP contribution in [0, 0.1) is 0 Å². The number of hydrogen-bond donors (Lipinski definition) is 2. The summed E-state index contributed by atoms with van der Waals surface area (Å²) >= 11 is 5.83. The molecule has 2 aromatic carbocycles. The van der Waals surface area contributed by atoms with Crippen LogP contribution in [0.2, 0.25) is 5.02 Å². The van der Waals surface area contributed by atoms with Crippen molar-refractivity contribution in [2.75, 3.05) is 12.4 Å². The van der Waals surface area contributed by atoms with E-state index in [4.69, 9.17) is 21.1 Å². The smallest absolute Gasteiger partial charge is 0.265 e. The molecule has 2 rings (SSSR count). The fourth-order valence-corrected chi connectivity index (χ4v) is 3.74. The van der Waals surface area contributed by atoms with Crippen LogP contribution in [0.3, 0.4) is 0 Å². The highest BCUT2D eigenvalue weighted by molar-refractivity contribution is 7.89. The molecule has 7 nitrogen and oxygen atoms in total. The molecular formula is C19H23ClN2O5S. The topological polar surface area (TPSA) is 93.7 Å². The molecule has 0 aliphatic carbocycles. The van der Waals surface area contributed by atoms with Crippen LogP contribution in [-0.4, -0.2) is 33.6 Å². The van der Waals surface area contributed by atoms with Crippen LogP contribution in [0.5, 0.6) is 11.5 Å². The Kier molecular flexibility index (Phi) is 7.29. The van der Waals surface area contributed by atoms with E-state index in [2.05, 4.69) is 10.0 Å². The number of sulfonamides is 1. The number of benzene rings is 2. The van der Waals surface area contributed by atoms with Crippen molar-refractivity contribution in [3.05, 3.63) is 47.5 Å². The number of carbonyl (C=O) groups is 1. The van der Waals surface area contributed by atoms with Gasteiger partial charge in [-0.15, -0.1) is 0 Å². The molecule has 0 radical (unpaired) electrons. The molecule has 0 aliphatic rings. The van der Waals surface area contributed by atoms with Crippen LogP contribution in [0.25, 0.3) is 0 Å². The standard InChI is InChI=1S/C19H23ClN2O5S/c1-12(2)22-28(24,25)16-9-10-18(26-4)17(11-16)21-19(23)13(3)27-15-7-5-14(20)6-8-15/h5-13,22H,1-4H3,(H,21,23)/t13-/m1/s1. The lowest BCUT2D eigenvalue weighted by Gasteiger charge is -2.17. The molecule has 0 spiro atoms. The quantitative estimate of drug-likeness (QED) is 0.674. The molecule has 0 heterocycles. The third-order valence-corrected chi connectivity index (χ3v) is 5.53. The molecule has 0 unspecified atom stereocenters. The summed E-state index contributed by atoms with van der Waals surface area (Å²) in [6.07, 6.45) is -0.833. The predicted molar refractivity (Wildman–Crippen MR) is 109 cm³/mol. The third kappa shape index (κ3) is 5.85. The Morgan fingerprint density at radius 3 is 2.29 bits per heavy atom. The van der Waals surface area contributed by atoms with Crippen molar-refractivity contribution in [1.82, 2.24) is 4.72 Å². The first-order valence-electron chi connectivity index (χ1n) is 8.56. The molecule has 0 bridgehead atoms. The molecule has 28 heavy (non-hydrogen) atoms. The highest BCUT2D eigenvalue weighted by Gasteiger charge is 2.21. The van der Waals surface area contributed by atoms with Crippen molar-refractivity contribution in [2.24, 2.45) is 0 Å². The van der Waals surface area contributed by atoms with Crippen molar-refractivity contribution in [1.29, 1.82) is 0 Å². The Morgan fingerprint density at radius 1 is 1.07 bits per heavy atom. The lowest BCUT2D eigenvalue weighted by molar-refractivity contribution is -0.122. The summed E-state index contributed by atoms with van der Waals surface area (Å²) in [5.41, 5.74) is 0.227. The lowest BCUT2D eigenvalue weighted by Crippen LogP contribution is -2.31. The maximum absolute atomic E-state index is 12.5. The summed E-state index contributed by atoms with van der Waals surface area (Å²) in [5.74, 6) is 0.353. The molecule has 2 aromatic rings. The van der Waals surface area contributed by atoms with Gasteiger partial charge in [0.2, 0.25) is 10.0 Å². The second kappa shape index (κ2) is 9.27. The molecule has 1 atom stereocenters. The van der Waals surface area contributed by atoms with E-state index < -0.39 is 22.0 Å². The number of amides is 1. The van der Waals surface area contributed by atoms with Crippen molar-refractivity contribution in [2.45, 2.75) is 37.8 Å². The van der Waals surface area contributed by atoms with Crippen LogP contribution >= 0.6 is 11.6 Å². The predicted octanol–water partition coefficient (Wildman–Crippen LogP) is 3.44. The van der Waals surface area contributed by atoms with Gasteiger partial charge < -0.3 is 14.8 Å². The van der Waals surface area contributed by atoms with Gasteiger partial charge in [-0.2, -0.15) is 0 Å². The highest BCUT2D eigenvalue weighted by Crippen LogP contribution is 2.28. The zero-order valence-electron chi connectivity index (χ0n) is 16.0. The number of rotatable bonds is 8. The zero-order chi connectivity index (χ0) is 20.9. The number of anilines is 1. The maximum Gasteiger partial charge on any atom is 0.265 e. The second-order valence-corrected chi connectivity index (χ2v) is 8.49. The SMILES string of the molecule is COc1ccc(S(=O)(=O)NC(C)C)cc1NC(=O)[C@@H](C)Oc1ccc(Cl)cc1. The van der Waals surface area contributed by atoms with Gasteiger partial charge in [0.1, 0.15) is 11.5 Å². The maximum atomic E-state index is 12.5. The average molecular weight is 427 g/mol. The van der Waals surface area contributed by atoms with E-state index >= 15 is 0 Å². The number of nitrogens with one attached hydrogen (secondary N) is 2. The number of ether oxygens (including phenoxy) is 2. The molecule has 0 saturated heterocycles. The Hall–Kier alpha value is -2.29. The van der Waals surface area contributed by atoms with Gasteiger partial charge in [0.15, 0.2) is 6.10 Å². The summed E-state index contributed by atoms with van der Waals surface area (Å²) in [7, 11) is -2.29. The molecular weight excluding hydrogens is 404 g/mol. The normalized spacial score (nSPS) is 12.5. The molecule has 0 aromatic heterocycles. The monoisotopic (exact) mass is 426 g/mol. The van der Waals surface area contributed by atoms with Gasteiger partial charge in [-0.3, -0.25) is 4.79 Å². The summed E-state index contributed by atoms with van der Waals surface area (Å²) in [4.78, 5) is 12.5. The molecule has 0 aliphatic heterocycles. The van der Waals surface area contributed by atoms with Gasteiger partial charge in [0.25, 0.3) is 5.91 Å². The van der Waals surface area contributed by atoms with E-state index in [0.29, 0.717) is 16.5 Å². The van der Waals surface area contributed by atoms with E-state index in [1.54, 1.807) is 45.0 Å². The van der Waals surface area contributed by atoms with Crippen molar-refractivity contribution < 1.29 is 22.7 Å². The fraction of sp³-hybridized carbons (Fsp3) is 0.316. The van der Waals surface area contributed by atoms with Crippen molar-refractivity contribution in [3.63, 3.8) is 0 Å². The van der Waals surface area contributed by atoms with Crippen molar-refractivity contribution >= 4 is 33.2 Å². The lowest BCUT2D eigenvalue weighted by atomic mass is 10.2. The van der Waals surface area contributed by atoms with Crippen LogP contribution in [-0.2, 0) is 14.8 Å². The first kappa shape index (κ1) is 22.0. The number of methoxy groups -OCH3 is 1. The van der Waals surface area contributed by atoms with Gasteiger partial charge in [-0.05, 0) is 63.2 Å². The van der Waals surface area contributed by atoms with E-state index in [1.165, 1.54) is 25.3 Å². The van der Waals surface area contributed by atoms with Crippen LogP contribution < -0.4 is 19.5 Å². The first-order chi connectivity index (χ1) is 13.1. The number of halogens is 1. The van der Waals surface area contributed by atoms with Crippen LogP contribution in [0.1, 0.15) is 20.8 Å². The Labute approximate surface area is 170 Å². The number of hydrogen-bond acceptors (Lipinski definition) is 5. The molecule has 152 valence electrons. The molecule has 9 heteroatoms. The number of carbonyl (C=O) groups excluding carboxylic acids is 1. The largest absolute Gasteiger partial charge is 0.495 e. The van der Waals surface area contributed by atoms with Crippen molar-refractivity contribution in [3.8, 4) is 11.5 Å². The van der Waals surface area contributed by atoms with E-state index in [0.717, 1.165) is 0 Å². The van der Waals surface area contributed by atoms with Gasteiger partial charge in [0, 0.05) is 11.1 Å². The molecule has 0 saturated carbocycles. The summed E-state index contributed by atoms with van der Waals surface area (Å²) in [6, 6.07) is 10.6. The van der Waals surface area contributed by atoms with Gasteiger partial charge in [-0.25, -0.2) is 13.1 Å². The molecule has 1 amide bonds. The minimum atomic E-state index is -3.72.